The van der Waals surface area contributed by atoms with E-state index >= 15 is 0 Å². The molecule has 0 heterocycles. The molecule has 0 radical (unpaired) electrons. The molecule has 3 nitrogen and oxygen atoms in total. The third kappa shape index (κ3) is 5.75. The van der Waals surface area contributed by atoms with E-state index < -0.39 is 0 Å². The number of ether oxygens (including phenoxy) is 2. The highest BCUT2D eigenvalue weighted by Gasteiger charge is 2.15. The van der Waals surface area contributed by atoms with Gasteiger partial charge in [-0.1, -0.05) is 97.6 Å². The number of rotatable bonds is 8. The molecule has 0 aliphatic carbocycles. The van der Waals surface area contributed by atoms with Crippen LogP contribution < -0.4 is 9.47 Å². The van der Waals surface area contributed by atoms with Gasteiger partial charge in [-0.3, -0.25) is 0 Å². The molecule has 0 fully saturated rings. The van der Waals surface area contributed by atoms with Gasteiger partial charge >= 0.3 is 0 Å². The highest BCUT2D eigenvalue weighted by molar-refractivity contribution is 6.01. The summed E-state index contributed by atoms with van der Waals surface area (Å²) in [6.45, 7) is 4.38. The van der Waals surface area contributed by atoms with E-state index in [2.05, 4.69) is 66.0 Å². The number of hydrogen-bond acceptors (Lipinski definition) is 3. The Morgan fingerprint density at radius 2 is 1.08 bits per heavy atom. The first-order valence-electron chi connectivity index (χ1n) is 12.7. The van der Waals surface area contributed by atoms with Gasteiger partial charge < -0.3 is 9.47 Å². The maximum atomic E-state index is 5.81. The lowest BCUT2D eigenvalue weighted by Crippen LogP contribution is -1.96. The van der Waals surface area contributed by atoms with Gasteiger partial charge in [0.05, 0.1) is 25.5 Å². The van der Waals surface area contributed by atoms with E-state index in [1.165, 1.54) is 0 Å². The van der Waals surface area contributed by atoms with E-state index in [0.29, 0.717) is 0 Å². The number of para-hydroxylation sites is 1. The van der Waals surface area contributed by atoms with Gasteiger partial charge in [-0.15, -0.1) is 0 Å². The lowest BCUT2D eigenvalue weighted by molar-refractivity contribution is 0.413. The topological polar surface area (TPSA) is 30.8 Å². The molecule has 39 heavy (non-hydrogen) atoms. The van der Waals surface area contributed by atoms with Gasteiger partial charge in [0.1, 0.15) is 11.5 Å². The Hall–Kier alpha value is -5.11. The van der Waals surface area contributed by atoms with Gasteiger partial charge in [0.15, 0.2) is 0 Å². The van der Waals surface area contributed by atoms with E-state index in [4.69, 9.17) is 9.47 Å². The van der Waals surface area contributed by atoms with Crippen LogP contribution in [0.5, 0.6) is 11.5 Å². The van der Waals surface area contributed by atoms with Gasteiger partial charge in [0, 0.05) is 11.1 Å². The summed E-state index contributed by atoms with van der Waals surface area (Å²) in [5.41, 5.74) is 8.56. The number of benzene rings is 5. The van der Waals surface area contributed by atoms with E-state index in [1.807, 2.05) is 78.9 Å². The molecule has 5 rings (SSSR count). The van der Waals surface area contributed by atoms with E-state index in [0.717, 1.165) is 61.7 Å². The third-order valence-electron chi connectivity index (χ3n) is 6.56. The molecule has 0 aliphatic rings. The summed E-state index contributed by atoms with van der Waals surface area (Å²) in [4.78, 5) is 4.66. The summed E-state index contributed by atoms with van der Waals surface area (Å²) in [7, 11) is 3.37. The number of nitrogens with zero attached hydrogens (tertiary/aromatic N) is 1. The van der Waals surface area contributed by atoms with Gasteiger partial charge in [-0.25, -0.2) is 4.99 Å². The van der Waals surface area contributed by atoms with Crippen molar-refractivity contribution in [3.8, 4) is 22.6 Å². The van der Waals surface area contributed by atoms with Crippen molar-refractivity contribution in [1.82, 2.24) is 0 Å². The Kier molecular flexibility index (Phi) is 7.83. The fraction of sp³-hybridized carbons (Fsp3) is 0.0556. The second-order valence-electron chi connectivity index (χ2n) is 8.97. The average molecular weight is 508 g/mol. The van der Waals surface area contributed by atoms with Crippen LogP contribution in [0.15, 0.2) is 139 Å². The Labute approximate surface area is 230 Å². The second-order valence-corrected chi connectivity index (χ2v) is 8.97. The highest BCUT2D eigenvalue weighted by atomic mass is 16.5. The van der Waals surface area contributed by atoms with E-state index in [1.54, 1.807) is 14.2 Å². The molecule has 0 bridgehead atoms. The van der Waals surface area contributed by atoms with Crippen LogP contribution in [-0.2, 0) is 0 Å². The normalized spacial score (nSPS) is 10.3. The Morgan fingerprint density at radius 1 is 0.590 bits per heavy atom. The molecular formula is C36H29NO2. The van der Waals surface area contributed by atoms with Crippen LogP contribution in [0.4, 0.5) is 5.69 Å². The van der Waals surface area contributed by atoms with Crippen LogP contribution in [0.25, 0.3) is 22.3 Å². The fourth-order valence-electron chi connectivity index (χ4n) is 4.51. The molecule has 5 aromatic carbocycles. The SMILES string of the molecule is C=C(c1ccccc1)c1cc(-c2ccc(OC)c(C(=C=Nc3ccccc3)c3ccccc3)c2)ccc1OC. The molecule has 0 saturated carbocycles. The monoisotopic (exact) mass is 507 g/mol. The Morgan fingerprint density at radius 3 is 1.64 bits per heavy atom. The van der Waals surface area contributed by atoms with Crippen LogP contribution in [0.3, 0.4) is 0 Å². The molecule has 0 aliphatic heterocycles. The molecule has 0 atom stereocenters. The van der Waals surface area contributed by atoms with E-state index in [-0.39, 0.29) is 0 Å². The zero-order chi connectivity index (χ0) is 27.0. The van der Waals surface area contributed by atoms with Crippen molar-refractivity contribution in [3.63, 3.8) is 0 Å². The van der Waals surface area contributed by atoms with Crippen molar-refractivity contribution in [2.75, 3.05) is 14.2 Å². The summed E-state index contributed by atoms with van der Waals surface area (Å²) < 4.78 is 11.5. The first kappa shape index (κ1) is 25.5. The fourth-order valence-corrected chi connectivity index (χ4v) is 4.51. The van der Waals surface area contributed by atoms with Gasteiger partial charge in [0.25, 0.3) is 0 Å². The van der Waals surface area contributed by atoms with Crippen LogP contribution in [0.1, 0.15) is 22.3 Å². The smallest absolute Gasteiger partial charge is 0.127 e. The van der Waals surface area contributed by atoms with Crippen molar-refractivity contribution in [1.29, 1.82) is 0 Å². The maximum Gasteiger partial charge on any atom is 0.127 e. The molecule has 0 spiro atoms. The first-order chi connectivity index (χ1) is 19.2. The number of hydrogen-bond donors (Lipinski definition) is 0. The number of methoxy groups -OCH3 is 2. The molecule has 0 saturated heterocycles. The summed E-state index contributed by atoms with van der Waals surface area (Å²) in [6, 6.07) is 42.5. The Balaban J connectivity index is 1.65. The lowest BCUT2D eigenvalue weighted by Gasteiger charge is -2.16. The van der Waals surface area contributed by atoms with Crippen LogP contribution in [0.2, 0.25) is 0 Å². The summed E-state index contributed by atoms with van der Waals surface area (Å²) in [5, 5.41) is 0. The van der Waals surface area contributed by atoms with Crippen molar-refractivity contribution in [2.45, 2.75) is 0 Å². The number of aliphatic imine (C=N–C) groups is 1. The molecule has 3 heteroatoms. The minimum atomic E-state index is 0.746. The van der Waals surface area contributed by atoms with Gasteiger partial charge in [-0.2, -0.15) is 0 Å². The molecule has 0 N–H and O–H groups in total. The third-order valence-corrected chi connectivity index (χ3v) is 6.56. The van der Waals surface area contributed by atoms with Crippen molar-refractivity contribution < 1.29 is 9.47 Å². The van der Waals surface area contributed by atoms with E-state index in [9.17, 15) is 0 Å². The zero-order valence-corrected chi connectivity index (χ0v) is 22.1. The second kappa shape index (κ2) is 12.0. The van der Waals surface area contributed by atoms with Crippen molar-refractivity contribution >= 4 is 22.7 Å². The van der Waals surface area contributed by atoms with Crippen LogP contribution in [-0.4, -0.2) is 20.1 Å². The van der Waals surface area contributed by atoms with Crippen LogP contribution >= 0.6 is 0 Å². The van der Waals surface area contributed by atoms with Crippen LogP contribution in [0, 0.1) is 0 Å². The molecule has 190 valence electrons. The predicted octanol–water partition coefficient (Wildman–Crippen LogP) is 8.87. The maximum absolute atomic E-state index is 5.81. The standard InChI is InChI=1S/C36H29NO2/c1-26(27-13-7-4-8-14-27)32-23-29(19-21-35(32)38-2)30-20-22-36(39-3)33(24-30)34(28-15-9-5-10-16-28)25-37-31-17-11-6-12-18-31/h4-24H,1H2,2-3H3. The molecule has 0 aromatic heterocycles. The lowest BCUT2D eigenvalue weighted by atomic mass is 9.92. The quantitative estimate of drug-likeness (QED) is 0.196. The van der Waals surface area contributed by atoms with Crippen molar-refractivity contribution in [3.05, 3.63) is 156 Å². The van der Waals surface area contributed by atoms with Gasteiger partial charge in [-0.05, 0) is 70.1 Å². The molecule has 0 unspecified atom stereocenters. The molecule has 5 aromatic rings. The Bertz CT molecular complexity index is 1650. The average Bonchev–Trinajstić information content (AvgIpc) is 3.02. The summed E-state index contributed by atoms with van der Waals surface area (Å²) >= 11 is 0. The minimum absolute atomic E-state index is 0.746. The van der Waals surface area contributed by atoms with Crippen molar-refractivity contribution in [2.24, 2.45) is 4.99 Å². The minimum Gasteiger partial charge on any atom is -0.496 e. The molecular weight excluding hydrogens is 478 g/mol. The largest absolute Gasteiger partial charge is 0.496 e. The predicted molar refractivity (Wildman–Crippen MR) is 162 cm³/mol. The zero-order valence-electron chi connectivity index (χ0n) is 22.1. The highest BCUT2D eigenvalue weighted by Crippen LogP contribution is 2.37. The molecule has 0 amide bonds. The van der Waals surface area contributed by atoms with Gasteiger partial charge in [0.2, 0.25) is 0 Å². The summed E-state index contributed by atoms with van der Waals surface area (Å²) in [5.74, 6) is 4.84. The summed E-state index contributed by atoms with van der Waals surface area (Å²) in [6.07, 6.45) is 0. The first-order valence-corrected chi connectivity index (χ1v) is 12.7.